The van der Waals surface area contributed by atoms with E-state index >= 15 is 0 Å². The molecule has 0 fully saturated rings. The predicted octanol–water partition coefficient (Wildman–Crippen LogP) is 0.363. The standard InChI is InChI=1S/C12H17NO5S/c1-2-3-9-4-6-10(7-5-9)19(17,18)13-8-11(14)12(15)16/h4-7,11,13-14H,2-3,8H2,1H3,(H,15,16)/t11-/m0/s1. The van der Waals surface area contributed by atoms with Gasteiger partial charge in [0, 0.05) is 6.54 Å². The van der Waals surface area contributed by atoms with Crippen LogP contribution in [-0.4, -0.2) is 37.2 Å². The van der Waals surface area contributed by atoms with Crippen LogP contribution in [0.5, 0.6) is 0 Å². The zero-order chi connectivity index (χ0) is 14.5. The zero-order valence-electron chi connectivity index (χ0n) is 10.5. The van der Waals surface area contributed by atoms with Gasteiger partial charge >= 0.3 is 5.97 Å². The van der Waals surface area contributed by atoms with Crippen molar-refractivity contribution in [2.45, 2.75) is 30.8 Å². The summed E-state index contributed by atoms with van der Waals surface area (Å²) in [6.45, 7) is 1.47. The minimum atomic E-state index is -3.79. The molecule has 6 nitrogen and oxygen atoms in total. The van der Waals surface area contributed by atoms with Gasteiger partial charge in [-0.25, -0.2) is 17.9 Å². The van der Waals surface area contributed by atoms with E-state index in [1.165, 1.54) is 12.1 Å². The van der Waals surface area contributed by atoms with Gasteiger partial charge in [0.25, 0.3) is 0 Å². The van der Waals surface area contributed by atoms with Crippen molar-refractivity contribution < 1.29 is 23.4 Å². The van der Waals surface area contributed by atoms with E-state index in [1.54, 1.807) is 12.1 Å². The molecule has 0 aromatic heterocycles. The molecule has 1 rings (SSSR count). The fourth-order valence-corrected chi connectivity index (χ4v) is 2.52. The topological polar surface area (TPSA) is 104 Å². The summed E-state index contributed by atoms with van der Waals surface area (Å²) in [7, 11) is -3.79. The minimum Gasteiger partial charge on any atom is -0.479 e. The molecule has 0 heterocycles. The summed E-state index contributed by atoms with van der Waals surface area (Å²) in [6, 6.07) is 6.35. The molecule has 0 amide bonds. The van der Waals surface area contributed by atoms with Crippen molar-refractivity contribution in [1.29, 1.82) is 0 Å². The van der Waals surface area contributed by atoms with Crippen LogP contribution in [0.15, 0.2) is 29.2 Å². The highest BCUT2D eigenvalue weighted by Gasteiger charge is 2.19. The lowest BCUT2D eigenvalue weighted by Gasteiger charge is -2.09. The van der Waals surface area contributed by atoms with Crippen LogP contribution in [0.4, 0.5) is 0 Å². The molecule has 0 aliphatic carbocycles. The first-order valence-electron chi connectivity index (χ1n) is 5.86. The van der Waals surface area contributed by atoms with Crippen molar-refractivity contribution in [3.8, 4) is 0 Å². The van der Waals surface area contributed by atoms with E-state index < -0.39 is 28.6 Å². The summed E-state index contributed by atoms with van der Waals surface area (Å²) in [5.41, 5.74) is 1.03. The average Bonchev–Trinajstić information content (AvgIpc) is 2.37. The van der Waals surface area contributed by atoms with Gasteiger partial charge < -0.3 is 10.2 Å². The molecule has 0 saturated carbocycles. The number of nitrogens with one attached hydrogen (secondary N) is 1. The van der Waals surface area contributed by atoms with Crippen molar-refractivity contribution in [2.75, 3.05) is 6.54 Å². The van der Waals surface area contributed by atoms with Gasteiger partial charge in [0.2, 0.25) is 10.0 Å². The Labute approximate surface area is 112 Å². The molecule has 1 aromatic rings. The van der Waals surface area contributed by atoms with Crippen LogP contribution in [0.1, 0.15) is 18.9 Å². The first kappa shape index (κ1) is 15.6. The van der Waals surface area contributed by atoms with E-state index in [0.29, 0.717) is 0 Å². The normalized spacial score (nSPS) is 13.2. The Hall–Kier alpha value is -1.44. The molecule has 1 aromatic carbocycles. The highest BCUT2D eigenvalue weighted by atomic mass is 32.2. The van der Waals surface area contributed by atoms with Crippen LogP contribution >= 0.6 is 0 Å². The molecule has 106 valence electrons. The van der Waals surface area contributed by atoms with Crippen molar-refractivity contribution in [1.82, 2.24) is 4.72 Å². The summed E-state index contributed by atoms with van der Waals surface area (Å²) in [5, 5.41) is 17.5. The quantitative estimate of drug-likeness (QED) is 0.672. The Kier molecular flexibility index (Phi) is 5.46. The van der Waals surface area contributed by atoms with Gasteiger partial charge in [-0.05, 0) is 24.1 Å². The first-order valence-corrected chi connectivity index (χ1v) is 7.34. The fraction of sp³-hybridized carbons (Fsp3) is 0.417. The van der Waals surface area contributed by atoms with Gasteiger partial charge in [0.15, 0.2) is 6.10 Å². The molecule has 0 spiro atoms. The second kappa shape index (κ2) is 6.65. The Bertz CT molecular complexity index is 524. The third kappa shape index (κ3) is 4.62. The number of sulfonamides is 1. The van der Waals surface area contributed by atoms with E-state index in [-0.39, 0.29) is 4.90 Å². The van der Waals surface area contributed by atoms with Gasteiger partial charge in [-0.15, -0.1) is 0 Å². The third-order valence-electron chi connectivity index (χ3n) is 2.52. The van der Waals surface area contributed by atoms with E-state index in [2.05, 4.69) is 0 Å². The molecule has 19 heavy (non-hydrogen) atoms. The van der Waals surface area contributed by atoms with Crippen molar-refractivity contribution >= 4 is 16.0 Å². The maximum absolute atomic E-state index is 11.8. The second-order valence-corrected chi connectivity index (χ2v) is 5.87. The summed E-state index contributed by atoms with van der Waals surface area (Å²) < 4.78 is 25.7. The molecule has 0 bridgehead atoms. The Morgan fingerprint density at radius 3 is 2.37 bits per heavy atom. The van der Waals surface area contributed by atoms with Crippen molar-refractivity contribution in [3.63, 3.8) is 0 Å². The maximum atomic E-state index is 11.8. The van der Waals surface area contributed by atoms with Gasteiger partial charge in [0.1, 0.15) is 0 Å². The van der Waals surface area contributed by atoms with Crippen LogP contribution in [0, 0.1) is 0 Å². The number of carboxylic acids is 1. The monoisotopic (exact) mass is 287 g/mol. The van der Waals surface area contributed by atoms with Crippen LogP contribution in [0.25, 0.3) is 0 Å². The fourth-order valence-electron chi connectivity index (χ4n) is 1.48. The number of carboxylic acid groups (broad SMARTS) is 1. The Morgan fingerprint density at radius 2 is 1.89 bits per heavy atom. The summed E-state index contributed by atoms with van der Waals surface area (Å²) >= 11 is 0. The Balaban J connectivity index is 2.74. The molecule has 7 heteroatoms. The van der Waals surface area contributed by atoms with Gasteiger partial charge in [-0.3, -0.25) is 0 Å². The van der Waals surface area contributed by atoms with E-state index in [1.807, 2.05) is 11.6 Å². The van der Waals surface area contributed by atoms with Crippen LogP contribution < -0.4 is 4.72 Å². The number of benzene rings is 1. The highest BCUT2D eigenvalue weighted by Crippen LogP contribution is 2.11. The lowest BCUT2D eigenvalue weighted by Crippen LogP contribution is -2.36. The van der Waals surface area contributed by atoms with Gasteiger partial charge in [-0.2, -0.15) is 0 Å². The van der Waals surface area contributed by atoms with E-state index in [0.717, 1.165) is 18.4 Å². The van der Waals surface area contributed by atoms with Gasteiger partial charge in [-0.1, -0.05) is 25.5 Å². The Morgan fingerprint density at radius 1 is 1.32 bits per heavy atom. The minimum absolute atomic E-state index is 0.0462. The molecule has 0 aliphatic heterocycles. The van der Waals surface area contributed by atoms with E-state index in [9.17, 15) is 13.2 Å². The number of aliphatic carboxylic acids is 1. The van der Waals surface area contributed by atoms with E-state index in [4.69, 9.17) is 10.2 Å². The van der Waals surface area contributed by atoms with Crippen molar-refractivity contribution in [2.24, 2.45) is 0 Å². The molecular formula is C12H17NO5S. The number of aliphatic hydroxyl groups is 1. The summed E-state index contributed by atoms with van der Waals surface area (Å²) in [4.78, 5) is 10.4. The number of hydrogen-bond acceptors (Lipinski definition) is 4. The largest absolute Gasteiger partial charge is 0.479 e. The summed E-state index contributed by atoms with van der Waals surface area (Å²) in [6.07, 6.45) is 0.0785. The SMILES string of the molecule is CCCc1ccc(S(=O)(=O)NC[C@H](O)C(=O)O)cc1. The maximum Gasteiger partial charge on any atom is 0.333 e. The first-order chi connectivity index (χ1) is 8.86. The molecule has 3 N–H and O–H groups in total. The third-order valence-corrected chi connectivity index (χ3v) is 3.96. The number of aryl methyl sites for hydroxylation is 1. The summed E-state index contributed by atoms with van der Waals surface area (Å²) in [5.74, 6) is -1.47. The number of carbonyl (C=O) groups is 1. The lowest BCUT2D eigenvalue weighted by molar-refractivity contribution is -0.146. The number of aliphatic hydroxyl groups excluding tert-OH is 1. The molecule has 0 unspecified atom stereocenters. The molecule has 0 radical (unpaired) electrons. The predicted molar refractivity (Wildman–Crippen MR) is 69.3 cm³/mol. The van der Waals surface area contributed by atoms with Gasteiger partial charge in [0.05, 0.1) is 4.90 Å². The molecule has 0 saturated heterocycles. The number of hydrogen-bond donors (Lipinski definition) is 3. The molecular weight excluding hydrogens is 270 g/mol. The van der Waals surface area contributed by atoms with Crippen molar-refractivity contribution in [3.05, 3.63) is 29.8 Å². The second-order valence-electron chi connectivity index (χ2n) is 4.10. The smallest absolute Gasteiger partial charge is 0.333 e. The van der Waals surface area contributed by atoms with Crippen LogP contribution in [0.2, 0.25) is 0 Å². The van der Waals surface area contributed by atoms with Crippen LogP contribution in [0.3, 0.4) is 0 Å². The highest BCUT2D eigenvalue weighted by molar-refractivity contribution is 7.89. The number of rotatable bonds is 7. The average molecular weight is 287 g/mol. The molecule has 0 aliphatic rings. The lowest BCUT2D eigenvalue weighted by atomic mass is 10.1. The molecule has 1 atom stereocenters. The zero-order valence-corrected chi connectivity index (χ0v) is 11.4. The van der Waals surface area contributed by atoms with Crippen LogP contribution in [-0.2, 0) is 21.2 Å².